The lowest BCUT2D eigenvalue weighted by atomic mass is 10.1. The Morgan fingerprint density at radius 2 is 1.24 bits per heavy atom. The molecule has 1 amide bonds. The molecule has 8 heteroatoms. The van der Waals surface area contributed by atoms with Gasteiger partial charge in [-0.1, -0.05) is 0 Å². The molecular weight excluding hydrogens is 424 g/mol. The summed E-state index contributed by atoms with van der Waals surface area (Å²) < 4.78 is 26.7. The zero-order chi connectivity index (χ0) is 23.8. The van der Waals surface area contributed by atoms with Crippen molar-refractivity contribution in [2.45, 2.75) is 0 Å². The fourth-order valence-electron chi connectivity index (χ4n) is 3.12. The fourth-order valence-corrected chi connectivity index (χ4v) is 3.12. The van der Waals surface area contributed by atoms with Crippen LogP contribution in [0.25, 0.3) is 0 Å². The minimum absolute atomic E-state index is 0.319. The summed E-state index contributed by atoms with van der Waals surface area (Å²) in [6.07, 6.45) is 0. The molecule has 0 aliphatic heterocycles. The van der Waals surface area contributed by atoms with Crippen LogP contribution in [0.15, 0.2) is 65.7 Å². The summed E-state index contributed by atoms with van der Waals surface area (Å²) in [6.45, 7) is 0. The number of ether oxygens (including phenoxy) is 5. The van der Waals surface area contributed by atoms with Crippen molar-refractivity contribution in [1.82, 2.24) is 0 Å². The number of nitrogens with one attached hydrogen (secondary N) is 1. The van der Waals surface area contributed by atoms with E-state index >= 15 is 0 Å². The molecule has 0 unspecified atom stereocenters. The number of methoxy groups -OCH3 is 5. The molecule has 3 aromatic rings. The average Bonchev–Trinajstić information content (AvgIpc) is 2.87. The van der Waals surface area contributed by atoms with E-state index in [2.05, 4.69) is 10.3 Å². The first-order valence-electron chi connectivity index (χ1n) is 10.0. The van der Waals surface area contributed by atoms with Crippen molar-refractivity contribution in [2.24, 2.45) is 4.99 Å². The Morgan fingerprint density at radius 1 is 0.697 bits per heavy atom. The zero-order valence-electron chi connectivity index (χ0n) is 19.2. The monoisotopic (exact) mass is 450 g/mol. The number of benzene rings is 3. The lowest BCUT2D eigenvalue weighted by Gasteiger charge is -2.12. The molecule has 0 aliphatic rings. The van der Waals surface area contributed by atoms with E-state index in [1.54, 1.807) is 74.9 Å². The van der Waals surface area contributed by atoms with Gasteiger partial charge >= 0.3 is 0 Å². The molecule has 0 heterocycles. The third-order valence-electron chi connectivity index (χ3n) is 4.84. The molecule has 0 saturated heterocycles. The Labute approximate surface area is 192 Å². The van der Waals surface area contributed by atoms with E-state index in [0.717, 1.165) is 0 Å². The van der Waals surface area contributed by atoms with Crippen LogP contribution in [0.1, 0.15) is 15.9 Å². The van der Waals surface area contributed by atoms with Crippen LogP contribution >= 0.6 is 0 Å². The van der Waals surface area contributed by atoms with E-state index in [0.29, 0.717) is 51.4 Å². The second kappa shape index (κ2) is 10.9. The summed E-state index contributed by atoms with van der Waals surface area (Å²) >= 11 is 0. The van der Waals surface area contributed by atoms with Crippen LogP contribution in [-0.4, -0.2) is 47.4 Å². The normalized spacial score (nSPS) is 10.9. The summed E-state index contributed by atoms with van der Waals surface area (Å²) in [6, 6.07) is 17.4. The van der Waals surface area contributed by atoms with Gasteiger partial charge < -0.3 is 29.0 Å². The fraction of sp³-hybridized carbons (Fsp3) is 0.200. The first-order valence-corrected chi connectivity index (χ1v) is 10.0. The van der Waals surface area contributed by atoms with Gasteiger partial charge in [0.1, 0.15) is 23.0 Å². The van der Waals surface area contributed by atoms with Gasteiger partial charge in [0.15, 0.2) is 0 Å². The van der Waals surface area contributed by atoms with E-state index in [1.807, 2.05) is 0 Å². The number of aliphatic imine (C=N–C) groups is 1. The molecule has 172 valence electrons. The molecule has 33 heavy (non-hydrogen) atoms. The summed E-state index contributed by atoms with van der Waals surface area (Å²) in [5.41, 5.74) is 2.25. The number of nitrogens with zero attached hydrogens (tertiary/aromatic N) is 1. The molecule has 0 spiro atoms. The van der Waals surface area contributed by atoms with Crippen LogP contribution < -0.4 is 24.3 Å². The largest absolute Gasteiger partial charge is 0.497 e. The Hall–Kier alpha value is -4.20. The van der Waals surface area contributed by atoms with Crippen molar-refractivity contribution in [1.29, 1.82) is 0 Å². The molecule has 8 nitrogen and oxygen atoms in total. The molecule has 0 radical (unpaired) electrons. The van der Waals surface area contributed by atoms with Crippen molar-refractivity contribution in [3.63, 3.8) is 0 Å². The van der Waals surface area contributed by atoms with E-state index in [9.17, 15) is 4.79 Å². The Balaban J connectivity index is 1.83. The van der Waals surface area contributed by atoms with Crippen LogP contribution in [0.5, 0.6) is 23.0 Å². The van der Waals surface area contributed by atoms with Crippen molar-refractivity contribution in [3.05, 3.63) is 71.8 Å². The quantitative estimate of drug-likeness (QED) is 0.395. The Bertz CT molecular complexity index is 1140. The highest BCUT2D eigenvalue weighted by atomic mass is 16.5. The molecular formula is C25H26N2O6. The summed E-state index contributed by atoms with van der Waals surface area (Å²) in [5, 5.41) is 2.85. The maximum absolute atomic E-state index is 12.8. The SMILES string of the molecule is CO/C(=N\c1ccc(NC(=O)c2cc(OC)ccc2OC)cc1)c1cc(OC)ccc1OC. The van der Waals surface area contributed by atoms with E-state index in [1.165, 1.54) is 21.3 Å². The van der Waals surface area contributed by atoms with Gasteiger partial charge in [-0.05, 0) is 60.7 Å². The summed E-state index contributed by atoms with van der Waals surface area (Å²) in [4.78, 5) is 17.3. The number of carbonyl (C=O) groups excluding carboxylic acids is 1. The highest BCUT2D eigenvalue weighted by Crippen LogP contribution is 2.28. The lowest BCUT2D eigenvalue weighted by molar-refractivity contribution is 0.102. The highest BCUT2D eigenvalue weighted by molar-refractivity contribution is 6.06. The van der Waals surface area contributed by atoms with Gasteiger partial charge in [0.05, 0.1) is 52.4 Å². The van der Waals surface area contributed by atoms with Gasteiger partial charge in [-0.3, -0.25) is 4.79 Å². The van der Waals surface area contributed by atoms with Crippen molar-refractivity contribution < 1.29 is 28.5 Å². The minimum atomic E-state index is -0.319. The van der Waals surface area contributed by atoms with Crippen LogP contribution in [0.4, 0.5) is 11.4 Å². The maximum Gasteiger partial charge on any atom is 0.259 e. The van der Waals surface area contributed by atoms with Crippen LogP contribution in [0.3, 0.4) is 0 Å². The first-order chi connectivity index (χ1) is 16.0. The van der Waals surface area contributed by atoms with Gasteiger partial charge in [-0.2, -0.15) is 0 Å². The lowest BCUT2D eigenvalue weighted by Crippen LogP contribution is -2.13. The van der Waals surface area contributed by atoms with Crippen molar-refractivity contribution in [2.75, 3.05) is 40.9 Å². The molecule has 0 atom stereocenters. The number of rotatable bonds is 8. The second-order valence-corrected chi connectivity index (χ2v) is 6.75. The topological polar surface area (TPSA) is 87.6 Å². The van der Waals surface area contributed by atoms with Gasteiger partial charge in [0, 0.05) is 5.69 Å². The summed E-state index contributed by atoms with van der Waals surface area (Å²) in [5.74, 6) is 2.32. The van der Waals surface area contributed by atoms with Crippen LogP contribution in [0.2, 0.25) is 0 Å². The van der Waals surface area contributed by atoms with Gasteiger partial charge in [0.2, 0.25) is 5.90 Å². The molecule has 3 rings (SSSR count). The average molecular weight is 450 g/mol. The molecule has 0 bridgehead atoms. The van der Waals surface area contributed by atoms with E-state index in [-0.39, 0.29) is 5.91 Å². The zero-order valence-corrected chi connectivity index (χ0v) is 19.2. The smallest absolute Gasteiger partial charge is 0.259 e. The standard InChI is InChI=1S/C25H26N2O6/c1-29-18-10-12-22(31-3)20(14-18)24(28)26-16-6-8-17(9-7-16)27-25(33-5)21-15-19(30-2)11-13-23(21)32-4/h6-15H,1-5H3,(H,26,28)/b27-25-. The Kier molecular flexibility index (Phi) is 7.75. The number of carbonyl (C=O) groups is 1. The van der Waals surface area contributed by atoms with Gasteiger partial charge in [-0.15, -0.1) is 0 Å². The molecule has 0 fully saturated rings. The molecule has 1 N–H and O–H groups in total. The van der Waals surface area contributed by atoms with E-state index < -0.39 is 0 Å². The predicted octanol–water partition coefficient (Wildman–Crippen LogP) is 4.70. The number of hydrogen-bond donors (Lipinski definition) is 1. The number of hydrogen-bond acceptors (Lipinski definition) is 7. The van der Waals surface area contributed by atoms with E-state index in [4.69, 9.17) is 23.7 Å². The first kappa shape index (κ1) is 23.5. The second-order valence-electron chi connectivity index (χ2n) is 6.75. The van der Waals surface area contributed by atoms with Crippen LogP contribution in [0, 0.1) is 0 Å². The Morgan fingerprint density at radius 3 is 1.76 bits per heavy atom. The third kappa shape index (κ3) is 5.54. The van der Waals surface area contributed by atoms with Gasteiger partial charge in [-0.25, -0.2) is 4.99 Å². The molecule has 0 saturated carbocycles. The predicted molar refractivity (Wildman–Crippen MR) is 127 cm³/mol. The molecule has 0 aliphatic carbocycles. The molecule has 0 aromatic heterocycles. The minimum Gasteiger partial charge on any atom is -0.497 e. The maximum atomic E-state index is 12.8. The third-order valence-corrected chi connectivity index (χ3v) is 4.84. The van der Waals surface area contributed by atoms with Crippen molar-refractivity contribution in [3.8, 4) is 23.0 Å². The highest BCUT2D eigenvalue weighted by Gasteiger charge is 2.15. The van der Waals surface area contributed by atoms with Crippen molar-refractivity contribution >= 4 is 23.2 Å². The van der Waals surface area contributed by atoms with Crippen LogP contribution in [-0.2, 0) is 4.74 Å². The number of amides is 1. The van der Waals surface area contributed by atoms with Gasteiger partial charge in [0.25, 0.3) is 5.91 Å². The number of anilines is 1. The molecule has 3 aromatic carbocycles. The summed E-state index contributed by atoms with van der Waals surface area (Å²) in [7, 11) is 7.75.